The van der Waals surface area contributed by atoms with Gasteiger partial charge in [-0.1, -0.05) is 0 Å². The smallest absolute Gasteiger partial charge is 0.119 e. The molecule has 2 aromatic rings. The number of benzene rings is 1. The molecule has 0 spiro atoms. The Morgan fingerprint density at radius 3 is 2.89 bits per heavy atom. The van der Waals surface area contributed by atoms with Crippen LogP contribution in [0.15, 0.2) is 36.7 Å². The summed E-state index contributed by atoms with van der Waals surface area (Å²) in [7, 11) is 1.68. The van der Waals surface area contributed by atoms with E-state index >= 15 is 0 Å². The number of aromatic nitrogens is 2. The third-order valence-corrected chi connectivity index (χ3v) is 3.62. The van der Waals surface area contributed by atoms with Crippen molar-refractivity contribution in [2.75, 3.05) is 13.7 Å². The molecular formula is C15H19N3O. The van der Waals surface area contributed by atoms with Crippen LogP contribution in [0.5, 0.6) is 5.75 Å². The molecule has 1 aliphatic heterocycles. The molecule has 0 amide bonds. The molecule has 100 valence electrons. The second-order valence-electron chi connectivity index (χ2n) is 4.99. The summed E-state index contributed by atoms with van der Waals surface area (Å²) >= 11 is 0. The molecule has 1 unspecified atom stereocenters. The van der Waals surface area contributed by atoms with Crippen LogP contribution in [0.2, 0.25) is 0 Å². The number of nitrogens with zero attached hydrogens (tertiary/aromatic N) is 2. The van der Waals surface area contributed by atoms with Crippen molar-refractivity contribution < 1.29 is 4.74 Å². The van der Waals surface area contributed by atoms with Crippen LogP contribution in [0, 0.1) is 0 Å². The monoisotopic (exact) mass is 257 g/mol. The predicted molar refractivity (Wildman–Crippen MR) is 74.8 cm³/mol. The van der Waals surface area contributed by atoms with E-state index in [-0.39, 0.29) is 0 Å². The molecule has 0 aliphatic carbocycles. The normalized spacial score (nSPS) is 18.7. The molecule has 0 radical (unpaired) electrons. The summed E-state index contributed by atoms with van der Waals surface area (Å²) in [6.07, 6.45) is 7.70. The zero-order chi connectivity index (χ0) is 13.1. The van der Waals surface area contributed by atoms with Gasteiger partial charge in [0.05, 0.1) is 19.0 Å². The highest BCUT2D eigenvalue weighted by Gasteiger charge is 2.15. The fourth-order valence-corrected chi connectivity index (χ4v) is 2.56. The van der Waals surface area contributed by atoms with Crippen LogP contribution in [0.4, 0.5) is 0 Å². The molecule has 0 bridgehead atoms. The van der Waals surface area contributed by atoms with E-state index in [0.29, 0.717) is 6.04 Å². The first kappa shape index (κ1) is 12.2. The lowest BCUT2D eigenvalue weighted by Crippen LogP contribution is -2.23. The highest BCUT2D eigenvalue weighted by atomic mass is 16.5. The Balaban J connectivity index is 1.72. The molecule has 0 saturated carbocycles. The zero-order valence-corrected chi connectivity index (χ0v) is 11.2. The average molecular weight is 257 g/mol. The summed E-state index contributed by atoms with van der Waals surface area (Å²) < 4.78 is 7.08. The van der Waals surface area contributed by atoms with Crippen molar-refractivity contribution in [1.29, 1.82) is 0 Å². The Morgan fingerprint density at radius 1 is 1.37 bits per heavy atom. The second kappa shape index (κ2) is 5.45. The first-order valence-corrected chi connectivity index (χ1v) is 6.76. The topological polar surface area (TPSA) is 39.1 Å². The lowest BCUT2D eigenvalue weighted by atomic mass is 10.1. The van der Waals surface area contributed by atoms with Crippen molar-refractivity contribution in [2.24, 2.45) is 0 Å². The van der Waals surface area contributed by atoms with Crippen molar-refractivity contribution in [3.8, 4) is 11.4 Å². The minimum Gasteiger partial charge on any atom is -0.497 e. The lowest BCUT2D eigenvalue weighted by Gasteiger charge is -2.07. The van der Waals surface area contributed by atoms with Gasteiger partial charge in [0.15, 0.2) is 0 Å². The van der Waals surface area contributed by atoms with E-state index < -0.39 is 0 Å². The summed E-state index contributed by atoms with van der Waals surface area (Å²) in [5, 5.41) is 7.95. The number of ether oxygens (including phenoxy) is 1. The maximum atomic E-state index is 5.16. The first-order valence-electron chi connectivity index (χ1n) is 6.76. The Kier molecular flexibility index (Phi) is 3.51. The van der Waals surface area contributed by atoms with Gasteiger partial charge in [-0.25, -0.2) is 4.68 Å². The molecule has 1 saturated heterocycles. The summed E-state index contributed by atoms with van der Waals surface area (Å²) in [4.78, 5) is 0. The van der Waals surface area contributed by atoms with Gasteiger partial charge >= 0.3 is 0 Å². The van der Waals surface area contributed by atoms with E-state index in [0.717, 1.165) is 24.4 Å². The van der Waals surface area contributed by atoms with Gasteiger partial charge in [-0.2, -0.15) is 5.10 Å². The van der Waals surface area contributed by atoms with Crippen molar-refractivity contribution in [1.82, 2.24) is 15.1 Å². The molecule has 1 aromatic carbocycles. The van der Waals surface area contributed by atoms with Gasteiger partial charge in [0, 0.05) is 12.2 Å². The van der Waals surface area contributed by atoms with Crippen molar-refractivity contribution in [3.63, 3.8) is 0 Å². The average Bonchev–Trinajstić information content (AvgIpc) is 3.11. The summed E-state index contributed by atoms with van der Waals surface area (Å²) in [6.45, 7) is 1.15. The fraction of sp³-hybridized carbons (Fsp3) is 0.400. The van der Waals surface area contributed by atoms with Gasteiger partial charge < -0.3 is 10.1 Å². The number of methoxy groups -OCH3 is 1. The van der Waals surface area contributed by atoms with Gasteiger partial charge in [0.2, 0.25) is 0 Å². The SMILES string of the molecule is COc1ccc(-n2cc(CC3CCCN3)cn2)cc1. The standard InChI is InChI=1S/C15H19N3O/c1-19-15-6-4-14(5-7-15)18-11-12(10-17-18)9-13-3-2-8-16-13/h4-7,10-11,13,16H,2-3,8-9H2,1H3. The molecular weight excluding hydrogens is 238 g/mol. The minimum absolute atomic E-state index is 0.619. The maximum Gasteiger partial charge on any atom is 0.119 e. The van der Waals surface area contributed by atoms with E-state index in [9.17, 15) is 0 Å². The van der Waals surface area contributed by atoms with Gasteiger partial charge in [-0.05, 0) is 55.6 Å². The molecule has 1 aromatic heterocycles. The molecule has 19 heavy (non-hydrogen) atoms. The Hall–Kier alpha value is -1.81. The Labute approximate surface area is 113 Å². The number of hydrogen-bond donors (Lipinski definition) is 1. The third kappa shape index (κ3) is 2.79. The third-order valence-electron chi connectivity index (χ3n) is 3.62. The minimum atomic E-state index is 0.619. The maximum absolute atomic E-state index is 5.16. The largest absolute Gasteiger partial charge is 0.497 e. The molecule has 1 atom stereocenters. The van der Waals surface area contributed by atoms with E-state index in [1.807, 2.05) is 35.1 Å². The molecule has 1 fully saturated rings. The van der Waals surface area contributed by atoms with Crippen LogP contribution in [-0.4, -0.2) is 29.5 Å². The summed E-state index contributed by atoms with van der Waals surface area (Å²) in [5.41, 5.74) is 2.35. The first-order chi connectivity index (χ1) is 9.35. The molecule has 3 rings (SSSR count). The zero-order valence-electron chi connectivity index (χ0n) is 11.2. The van der Waals surface area contributed by atoms with Gasteiger partial charge in [0.1, 0.15) is 5.75 Å². The number of hydrogen-bond acceptors (Lipinski definition) is 3. The van der Waals surface area contributed by atoms with E-state index in [1.165, 1.54) is 18.4 Å². The number of nitrogens with one attached hydrogen (secondary N) is 1. The molecule has 4 nitrogen and oxygen atoms in total. The van der Waals surface area contributed by atoms with Gasteiger partial charge in [-0.15, -0.1) is 0 Å². The highest BCUT2D eigenvalue weighted by Crippen LogP contribution is 2.16. The summed E-state index contributed by atoms with van der Waals surface area (Å²) in [6, 6.07) is 8.56. The van der Waals surface area contributed by atoms with Crippen LogP contribution in [0.25, 0.3) is 5.69 Å². The lowest BCUT2D eigenvalue weighted by molar-refractivity contribution is 0.414. The van der Waals surface area contributed by atoms with Crippen molar-refractivity contribution >= 4 is 0 Å². The van der Waals surface area contributed by atoms with E-state index in [2.05, 4.69) is 16.6 Å². The predicted octanol–water partition coefficient (Wildman–Crippen LogP) is 2.18. The van der Waals surface area contributed by atoms with Crippen LogP contribution in [-0.2, 0) is 6.42 Å². The fourth-order valence-electron chi connectivity index (χ4n) is 2.56. The second-order valence-corrected chi connectivity index (χ2v) is 4.99. The highest BCUT2D eigenvalue weighted by molar-refractivity contribution is 5.37. The quantitative estimate of drug-likeness (QED) is 0.912. The Bertz CT molecular complexity index is 527. The van der Waals surface area contributed by atoms with E-state index in [1.54, 1.807) is 7.11 Å². The molecule has 4 heteroatoms. The summed E-state index contributed by atoms with van der Waals surface area (Å²) in [5.74, 6) is 0.867. The molecule has 2 heterocycles. The molecule has 1 aliphatic rings. The van der Waals surface area contributed by atoms with Crippen LogP contribution < -0.4 is 10.1 Å². The van der Waals surface area contributed by atoms with Crippen LogP contribution in [0.3, 0.4) is 0 Å². The molecule has 1 N–H and O–H groups in total. The van der Waals surface area contributed by atoms with Gasteiger partial charge in [-0.3, -0.25) is 0 Å². The van der Waals surface area contributed by atoms with Crippen LogP contribution in [0.1, 0.15) is 18.4 Å². The number of rotatable bonds is 4. The Morgan fingerprint density at radius 2 is 2.21 bits per heavy atom. The van der Waals surface area contributed by atoms with Crippen molar-refractivity contribution in [3.05, 3.63) is 42.2 Å². The van der Waals surface area contributed by atoms with Gasteiger partial charge in [0.25, 0.3) is 0 Å². The van der Waals surface area contributed by atoms with Crippen LogP contribution >= 0.6 is 0 Å². The van der Waals surface area contributed by atoms with E-state index in [4.69, 9.17) is 4.74 Å². The van der Waals surface area contributed by atoms with Crippen molar-refractivity contribution in [2.45, 2.75) is 25.3 Å².